The highest BCUT2D eigenvalue weighted by Crippen LogP contribution is 2.22. The van der Waals surface area contributed by atoms with Crippen molar-refractivity contribution < 1.29 is 14.8 Å². The number of hydrogen-bond donors (Lipinski definition) is 6. The van der Waals surface area contributed by atoms with Gasteiger partial charge in [0, 0.05) is 24.2 Å². The van der Waals surface area contributed by atoms with E-state index in [2.05, 4.69) is 16.0 Å². The van der Waals surface area contributed by atoms with Crippen molar-refractivity contribution in [3.63, 3.8) is 0 Å². The molecule has 0 aliphatic rings. The second-order valence-electron chi connectivity index (χ2n) is 8.43. The number of rotatable bonds is 12. The SMILES string of the molecule is N=C(Nc1ccc(C(=O)NCCCCCCC(=O)NO)cc1)NC(c1ccccc1)c1ccccc1. The molecule has 0 saturated carbocycles. The lowest BCUT2D eigenvalue weighted by molar-refractivity contribution is -0.129. The fraction of sp³-hybridized carbons (Fsp3) is 0.250. The highest BCUT2D eigenvalue weighted by atomic mass is 16.5. The number of guanidine groups is 1. The van der Waals surface area contributed by atoms with Gasteiger partial charge in [-0.2, -0.15) is 0 Å². The fourth-order valence-electron chi connectivity index (χ4n) is 3.80. The number of carbonyl (C=O) groups excluding carboxylic acids is 2. The molecule has 0 unspecified atom stereocenters. The molecule has 6 N–H and O–H groups in total. The first-order valence-electron chi connectivity index (χ1n) is 12.1. The molecule has 8 heteroatoms. The summed E-state index contributed by atoms with van der Waals surface area (Å²) in [6.07, 6.45) is 3.58. The molecule has 0 bridgehead atoms. The van der Waals surface area contributed by atoms with Crippen LogP contribution in [0.5, 0.6) is 0 Å². The van der Waals surface area contributed by atoms with E-state index in [0.717, 1.165) is 30.4 Å². The van der Waals surface area contributed by atoms with Crippen LogP contribution in [-0.2, 0) is 4.79 Å². The van der Waals surface area contributed by atoms with Crippen LogP contribution in [0, 0.1) is 5.41 Å². The number of benzene rings is 3. The Bertz CT molecular complexity index is 1070. The maximum absolute atomic E-state index is 12.4. The van der Waals surface area contributed by atoms with Crippen LogP contribution in [0.1, 0.15) is 59.6 Å². The highest BCUT2D eigenvalue weighted by molar-refractivity contribution is 5.96. The Morgan fingerprint density at radius 2 is 1.36 bits per heavy atom. The van der Waals surface area contributed by atoms with Gasteiger partial charge in [0.05, 0.1) is 6.04 Å². The number of amides is 2. The molecular weight excluding hydrogens is 454 g/mol. The molecule has 3 rings (SSSR count). The summed E-state index contributed by atoms with van der Waals surface area (Å²) < 4.78 is 0. The van der Waals surface area contributed by atoms with Crippen LogP contribution in [-0.4, -0.2) is 29.5 Å². The van der Waals surface area contributed by atoms with E-state index < -0.39 is 0 Å². The van der Waals surface area contributed by atoms with Gasteiger partial charge in [-0.3, -0.25) is 20.2 Å². The second-order valence-corrected chi connectivity index (χ2v) is 8.43. The van der Waals surface area contributed by atoms with Gasteiger partial charge >= 0.3 is 0 Å². The lowest BCUT2D eigenvalue weighted by Crippen LogP contribution is -2.33. The Hall–Kier alpha value is -4.17. The van der Waals surface area contributed by atoms with Gasteiger partial charge in [-0.05, 0) is 48.2 Å². The fourth-order valence-corrected chi connectivity index (χ4v) is 3.80. The van der Waals surface area contributed by atoms with E-state index in [0.29, 0.717) is 30.6 Å². The number of hydroxylamine groups is 1. The molecule has 3 aromatic carbocycles. The number of anilines is 1. The summed E-state index contributed by atoms with van der Waals surface area (Å²) in [6, 6.07) is 26.8. The molecule has 8 nitrogen and oxygen atoms in total. The molecule has 0 heterocycles. The largest absolute Gasteiger partial charge is 0.352 e. The molecule has 3 aromatic rings. The quantitative estimate of drug-likeness (QED) is 0.0732. The number of carbonyl (C=O) groups is 2. The zero-order valence-corrected chi connectivity index (χ0v) is 20.2. The monoisotopic (exact) mass is 487 g/mol. The molecule has 0 fully saturated rings. The normalized spacial score (nSPS) is 10.5. The lowest BCUT2D eigenvalue weighted by atomic mass is 9.99. The zero-order valence-electron chi connectivity index (χ0n) is 20.2. The molecule has 36 heavy (non-hydrogen) atoms. The predicted molar refractivity (Wildman–Crippen MR) is 141 cm³/mol. The van der Waals surface area contributed by atoms with Crippen molar-refractivity contribution in [1.82, 2.24) is 16.1 Å². The average molecular weight is 488 g/mol. The maximum Gasteiger partial charge on any atom is 0.251 e. The summed E-state index contributed by atoms with van der Waals surface area (Å²) in [7, 11) is 0. The van der Waals surface area contributed by atoms with Crippen LogP contribution in [0.3, 0.4) is 0 Å². The Morgan fingerprint density at radius 3 is 1.94 bits per heavy atom. The third-order valence-electron chi connectivity index (χ3n) is 5.71. The van der Waals surface area contributed by atoms with E-state index in [-0.39, 0.29) is 23.8 Å². The topological polar surface area (TPSA) is 126 Å². The van der Waals surface area contributed by atoms with Crippen molar-refractivity contribution in [3.8, 4) is 0 Å². The van der Waals surface area contributed by atoms with Gasteiger partial charge in [0.1, 0.15) is 0 Å². The van der Waals surface area contributed by atoms with Crippen LogP contribution < -0.4 is 21.4 Å². The van der Waals surface area contributed by atoms with Gasteiger partial charge in [0.2, 0.25) is 5.91 Å². The molecule has 188 valence electrons. The molecule has 2 amide bonds. The Morgan fingerprint density at radius 1 is 0.778 bits per heavy atom. The van der Waals surface area contributed by atoms with Crippen LogP contribution in [0.4, 0.5) is 5.69 Å². The smallest absolute Gasteiger partial charge is 0.251 e. The molecule has 0 atom stereocenters. The van der Waals surface area contributed by atoms with Gasteiger partial charge in [-0.15, -0.1) is 0 Å². The van der Waals surface area contributed by atoms with Crippen molar-refractivity contribution in [2.45, 2.75) is 38.1 Å². The Kier molecular flexibility index (Phi) is 10.5. The van der Waals surface area contributed by atoms with Crippen molar-refractivity contribution in [3.05, 3.63) is 102 Å². The van der Waals surface area contributed by atoms with Crippen molar-refractivity contribution in [2.75, 3.05) is 11.9 Å². The van der Waals surface area contributed by atoms with Crippen molar-refractivity contribution in [2.24, 2.45) is 0 Å². The number of unbranched alkanes of at least 4 members (excludes halogenated alkanes) is 3. The number of hydrogen-bond acceptors (Lipinski definition) is 4. The minimum absolute atomic E-state index is 0.150. The molecular formula is C28H33N5O3. The summed E-state index contributed by atoms with van der Waals surface area (Å²) >= 11 is 0. The van der Waals surface area contributed by atoms with Crippen molar-refractivity contribution in [1.29, 1.82) is 5.41 Å². The Labute approximate surface area is 211 Å². The summed E-state index contributed by atoms with van der Waals surface area (Å²) in [4.78, 5) is 23.3. The van der Waals surface area contributed by atoms with E-state index in [1.807, 2.05) is 60.7 Å². The summed E-state index contributed by atoms with van der Waals surface area (Å²) in [6.45, 7) is 0.556. The van der Waals surface area contributed by atoms with Gasteiger partial charge in [-0.1, -0.05) is 73.5 Å². The van der Waals surface area contributed by atoms with Gasteiger partial charge in [-0.25, -0.2) is 5.48 Å². The highest BCUT2D eigenvalue weighted by Gasteiger charge is 2.15. The van der Waals surface area contributed by atoms with Crippen LogP contribution in [0.15, 0.2) is 84.9 Å². The van der Waals surface area contributed by atoms with Gasteiger partial charge in [0.15, 0.2) is 5.96 Å². The summed E-state index contributed by atoms with van der Waals surface area (Å²) in [5.74, 6) is -0.372. The van der Waals surface area contributed by atoms with E-state index in [9.17, 15) is 9.59 Å². The van der Waals surface area contributed by atoms with Crippen molar-refractivity contribution >= 4 is 23.5 Å². The lowest BCUT2D eigenvalue weighted by Gasteiger charge is -2.22. The first-order chi connectivity index (χ1) is 17.6. The first-order valence-corrected chi connectivity index (χ1v) is 12.1. The molecule has 0 aliphatic carbocycles. The van der Waals surface area contributed by atoms with E-state index in [1.54, 1.807) is 29.7 Å². The minimum atomic E-state index is -0.376. The molecule has 0 aliphatic heterocycles. The van der Waals surface area contributed by atoms with Crippen LogP contribution >= 0.6 is 0 Å². The third-order valence-corrected chi connectivity index (χ3v) is 5.71. The third kappa shape index (κ3) is 8.56. The summed E-state index contributed by atoms with van der Waals surface area (Å²) in [5, 5.41) is 26.1. The maximum atomic E-state index is 12.4. The molecule has 0 saturated heterocycles. The molecule has 0 radical (unpaired) electrons. The van der Waals surface area contributed by atoms with Crippen LogP contribution in [0.25, 0.3) is 0 Å². The average Bonchev–Trinajstić information content (AvgIpc) is 2.92. The molecule has 0 aromatic heterocycles. The molecule has 0 spiro atoms. The van der Waals surface area contributed by atoms with E-state index in [1.165, 1.54) is 0 Å². The van der Waals surface area contributed by atoms with E-state index in [4.69, 9.17) is 10.6 Å². The predicted octanol–water partition coefficient (Wildman–Crippen LogP) is 4.60. The zero-order chi connectivity index (χ0) is 25.6. The number of nitrogens with one attached hydrogen (secondary N) is 5. The first kappa shape index (κ1) is 26.4. The van der Waals surface area contributed by atoms with E-state index >= 15 is 0 Å². The standard InChI is InChI=1S/C28H33N5O3/c29-28(32-26(21-11-5-3-6-12-21)22-13-7-4-8-14-22)31-24-18-16-23(17-19-24)27(35)30-20-10-2-1-9-15-25(34)33-36/h3-8,11-14,16-19,26,36H,1-2,9-10,15,20H2,(H,30,35)(H,33,34)(H3,29,31,32). The summed E-state index contributed by atoms with van der Waals surface area (Å²) in [5.41, 5.74) is 4.98. The van der Waals surface area contributed by atoms with Gasteiger partial charge in [0.25, 0.3) is 5.91 Å². The Balaban J connectivity index is 1.46. The van der Waals surface area contributed by atoms with Gasteiger partial charge < -0.3 is 16.0 Å². The second kappa shape index (κ2) is 14.3. The van der Waals surface area contributed by atoms with Crippen LogP contribution in [0.2, 0.25) is 0 Å². The minimum Gasteiger partial charge on any atom is -0.352 e.